The van der Waals surface area contributed by atoms with E-state index in [0.29, 0.717) is 21.7 Å². The highest BCUT2D eigenvalue weighted by atomic mass is 16.4. The topological polar surface area (TPSA) is 157 Å². The van der Waals surface area contributed by atoms with Crippen LogP contribution in [-0.2, 0) is 19.9 Å². The van der Waals surface area contributed by atoms with Crippen molar-refractivity contribution in [3.05, 3.63) is 95.6 Å². The predicted molar refractivity (Wildman–Crippen MR) is 140 cm³/mol. The minimum Gasteiger partial charge on any atom is -0.481 e. The lowest BCUT2D eigenvalue weighted by atomic mass is 9.91. The molecule has 10 nitrogen and oxygen atoms in total. The van der Waals surface area contributed by atoms with E-state index in [1.54, 1.807) is 48.5 Å². The molecule has 0 saturated carbocycles. The van der Waals surface area contributed by atoms with Crippen molar-refractivity contribution in [3.8, 4) is 11.1 Å². The van der Waals surface area contributed by atoms with Gasteiger partial charge in [-0.15, -0.1) is 0 Å². The summed E-state index contributed by atoms with van der Waals surface area (Å²) in [6.07, 6.45) is -0.536. The van der Waals surface area contributed by atoms with E-state index >= 15 is 0 Å². The summed E-state index contributed by atoms with van der Waals surface area (Å²) in [5, 5.41) is 21.4. The Kier molecular flexibility index (Phi) is 6.98. The predicted octanol–water partition coefficient (Wildman–Crippen LogP) is 3.38. The molecule has 0 bridgehead atoms. The third-order valence-electron chi connectivity index (χ3n) is 6.55. The second kappa shape index (κ2) is 10.2. The Hall–Kier alpha value is -4.99. The number of carbonyl (C=O) groups excluding carboxylic acids is 3. The van der Waals surface area contributed by atoms with Crippen LogP contribution in [0.25, 0.3) is 11.1 Å². The third kappa shape index (κ3) is 4.83. The van der Waals surface area contributed by atoms with Gasteiger partial charge in [0.15, 0.2) is 0 Å². The highest BCUT2D eigenvalue weighted by molar-refractivity contribution is 6.08. The number of nitrogens with two attached hydrogens (primary N) is 1. The molecular weight excluding hydrogens is 486 g/mol. The molecule has 0 aliphatic carbocycles. The summed E-state index contributed by atoms with van der Waals surface area (Å²) in [7, 11) is 0. The van der Waals surface area contributed by atoms with Crippen molar-refractivity contribution in [2.75, 3.05) is 0 Å². The van der Waals surface area contributed by atoms with E-state index in [0.717, 1.165) is 16.1 Å². The molecule has 4 rings (SSSR count). The first-order chi connectivity index (χ1) is 18.0. The maximum Gasteiger partial charge on any atom is 0.344 e. The van der Waals surface area contributed by atoms with Gasteiger partial charge in [-0.2, -0.15) is 5.01 Å². The summed E-state index contributed by atoms with van der Waals surface area (Å²) < 4.78 is 0. The van der Waals surface area contributed by atoms with Gasteiger partial charge >= 0.3 is 12.0 Å². The van der Waals surface area contributed by atoms with Gasteiger partial charge < -0.3 is 16.2 Å². The van der Waals surface area contributed by atoms with Crippen LogP contribution in [0.4, 0.5) is 4.79 Å². The summed E-state index contributed by atoms with van der Waals surface area (Å²) in [4.78, 5) is 51.6. The first-order valence-corrected chi connectivity index (χ1v) is 11.8. The molecule has 2 atom stereocenters. The Balaban J connectivity index is 1.71. The molecule has 0 radical (unpaired) electrons. The van der Waals surface area contributed by atoms with Gasteiger partial charge in [0.05, 0.1) is 12.5 Å². The van der Waals surface area contributed by atoms with E-state index in [1.807, 2.05) is 30.3 Å². The van der Waals surface area contributed by atoms with Crippen LogP contribution >= 0.6 is 0 Å². The molecule has 3 aromatic rings. The van der Waals surface area contributed by atoms with E-state index in [2.05, 4.69) is 5.32 Å². The van der Waals surface area contributed by atoms with Crippen LogP contribution < -0.4 is 11.1 Å². The number of aliphatic carboxylic acids is 1. The van der Waals surface area contributed by atoms with Crippen LogP contribution in [0.15, 0.2) is 78.9 Å². The molecule has 1 saturated heterocycles. The number of carboxylic acid groups (broad SMARTS) is 1. The average Bonchev–Trinajstić information content (AvgIpc) is 3.12. The van der Waals surface area contributed by atoms with Crippen LogP contribution in [0.2, 0.25) is 0 Å². The SMILES string of the molecule is CC(=O)N([C@H](CC(=O)O)c1ccc(-c2ccccc2)cc1)N1C(=O)N[C@](C)(c2ccc(C(=N)N)cc2)C1=O. The number of amidine groups is 1. The van der Waals surface area contributed by atoms with E-state index < -0.39 is 41.8 Å². The van der Waals surface area contributed by atoms with Crippen molar-refractivity contribution >= 4 is 29.7 Å². The Morgan fingerprint density at radius 3 is 2.11 bits per heavy atom. The average molecular weight is 514 g/mol. The lowest BCUT2D eigenvalue weighted by Gasteiger charge is -2.35. The Labute approximate surface area is 219 Å². The van der Waals surface area contributed by atoms with Crippen LogP contribution in [0, 0.1) is 5.41 Å². The maximum absolute atomic E-state index is 13.7. The minimum absolute atomic E-state index is 0.150. The maximum atomic E-state index is 13.7. The van der Waals surface area contributed by atoms with Gasteiger partial charge in [0, 0.05) is 12.5 Å². The summed E-state index contributed by atoms with van der Waals surface area (Å²) in [6.45, 7) is 2.67. The van der Waals surface area contributed by atoms with Crippen molar-refractivity contribution in [1.82, 2.24) is 15.3 Å². The molecular formula is C28H27N5O5. The normalized spacial score (nSPS) is 17.6. The highest BCUT2D eigenvalue weighted by Gasteiger charge is 2.53. The van der Waals surface area contributed by atoms with Gasteiger partial charge in [-0.05, 0) is 29.2 Å². The van der Waals surface area contributed by atoms with Crippen molar-refractivity contribution in [2.45, 2.75) is 31.8 Å². The summed E-state index contributed by atoms with van der Waals surface area (Å²) in [5.41, 5.74) is 7.11. The third-order valence-corrected chi connectivity index (χ3v) is 6.55. The standard InChI is InChI=1S/C28H27N5O5/c1-17(34)32(23(16-24(35)36)20-10-8-19(9-11-20)18-6-4-3-5-7-18)33-26(37)28(2,31-27(33)38)22-14-12-21(13-15-22)25(29)30/h3-15,23H,16H2,1-2H3,(H3,29,30)(H,31,38)(H,35,36)/t23-,28-/m1/s1. The van der Waals surface area contributed by atoms with Crippen LogP contribution in [0.1, 0.15) is 43.0 Å². The van der Waals surface area contributed by atoms with Gasteiger partial charge in [-0.1, -0.05) is 78.9 Å². The fourth-order valence-corrected chi connectivity index (χ4v) is 4.54. The molecule has 194 valence electrons. The number of hydrogen-bond donors (Lipinski definition) is 4. The lowest BCUT2D eigenvalue weighted by molar-refractivity contribution is -0.162. The molecule has 0 aromatic heterocycles. The van der Waals surface area contributed by atoms with E-state index in [-0.39, 0.29) is 5.84 Å². The largest absolute Gasteiger partial charge is 0.481 e. The van der Waals surface area contributed by atoms with E-state index in [4.69, 9.17) is 11.1 Å². The number of carbonyl (C=O) groups is 4. The van der Waals surface area contributed by atoms with Gasteiger partial charge in [0.1, 0.15) is 11.4 Å². The number of urea groups is 1. The number of benzene rings is 3. The fraction of sp³-hybridized carbons (Fsp3) is 0.179. The molecule has 1 heterocycles. The number of nitrogen functional groups attached to an aromatic ring is 1. The lowest BCUT2D eigenvalue weighted by Crippen LogP contribution is -2.52. The molecule has 1 aliphatic heterocycles. The van der Waals surface area contributed by atoms with Crippen LogP contribution in [0.5, 0.6) is 0 Å². The van der Waals surface area contributed by atoms with Crippen molar-refractivity contribution in [3.63, 3.8) is 0 Å². The van der Waals surface area contributed by atoms with Gasteiger partial charge in [0.2, 0.25) is 5.91 Å². The smallest absolute Gasteiger partial charge is 0.344 e. The first-order valence-electron chi connectivity index (χ1n) is 11.8. The zero-order valence-electron chi connectivity index (χ0n) is 20.8. The number of carboxylic acids is 1. The molecule has 0 spiro atoms. The number of hydrogen-bond acceptors (Lipinski definition) is 5. The number of amides is 4. The number of rotatable bonds is 8. The Bertz CT molecular complexity index is 1410. The Morgan fingerprint density at radius 2 is 1.58 bits per heavy atom. The zero-order chi connectivity index (χ0) is 27.6. The zero-order valence-corrected chi connectivity index (χ0v) is 20.8. The highest BCUT2D eigenvalue weighted by Crippen LogP contribution is 2.35. The second-order valence-corrected chi connectivity index (χ2v) is 9.13. The molecule has 5 N–H and O–H groups in total. The summed E-state index contributed by atoms with van der Waals surface area (Å²) >= 11 is 0. The summed E-state index contributed by atoms with van der Waals surface area (Å²) in [6, 6.07) is 20.8. The van der Waals surface area contributed by atoms with Crippen molar-refractivity contribution < 1.29 is 24.3 Å². The van der Waals surface area contributed by atoms with Crippen molar-refractivity contribution in [2.24, 2.45) is 5.73 Å². The molecule has 1 aliphatic rings. The van der Waals surface area contributed by atoms with Gasteiger partial charge in [-0.25, -0.2) is 9.80 Å². The van der Waals surface area contributed by atoms with Gasteiger partial charge in [0.25, 0.3) is 5.91 Å². The summed E-state index contributed by atoms with van der Waals surface area (Å²) in [5.74, 6) is -2.78. The molecule has 3 aromatic carbocycles. The van der Waals surface area contributed by atoms with Gasteiger partial charge in [-0.3, -0.25) is 19.8 Å². The quantitative estimate of drug-likeness (QED) is 0.205. The van der Waals surface area contributed by atoms with Crippen molar-refractivity contribution in [1.29, 1.82) is 5.41 Å². The van der Waals surface area contributed by atoms with E-state index in [1.165, 1.54) is 13.8 Å². The molecule has 10 heteroatoms. The van der Waals surface area contributed by atoms with Crippen LogP contribution in [0.3, 0.4) is 0 Å². The van der Waals surface area contributed by atoms with E-state index in [9.17, 15) is 24.3 Å². The minimum atomic E-state index is -1.54. The fourth-order valence-electron chi connectivity index (χ4n) is 4.54. The second-order valence-electron chi connectivity index (χ2n) is 9.13. The molecule has 0 unspecified atom stereocenters. The number of imide groups is 1. The van der Waals surface area contributed by atoms with Crippen LogP contribution in [-0.4, -0.2) is 44.8 Å². The molecule has 4 amide bonds. The number of hydrazine groups is 1. The number of nitrogens with zero attached hydrogens (tertiary/aromatic N) is 2. The Morgan fingerprint density at radius 1 is 1.00 bits per heavy atom. The first kappa shape index (κ1) is 26.1. The number of nitrogens with one attached hydrogen (secondary N) is 2. The molecule has 38 heavy (non-hydrogen) atoms. The monoisotopic (exact) mass is 513 g/mol. The molecule has 1 fully saturated rings.